The number of rotatable bonds is 6. The number of benzene rings is 2. The maximum atomic E-state index is 5.61. The largest absolute Gasteiger partial charge is 0.494 e. The van der Waals surface area contributed by atoms with E-state index in [0.29, 0.717) is 0 Å². The van der Waals surface area contributed by atoms with Gasteiger partial charge in [-0.2, -0.15) is 0 Å². The van der Waals surface area contributed by atoms with Gasteiger partial charge in [0.1, 0.15) is 5.75 Å². The smallest absolute Gasteiger partial charge is 0.119 e. The second-order valence-electron chi connectivity index (χ2n) is 4.03. The number of hydrogen-bond acceptors (Lipinski definition) is 1. The second-order valence-corrected chi connectivity index (χ2v) is 4.03. The highest BCUT2D eigenvalue weighted by molar-refractivity contribution is 5.20. The summed E-state index contributed by atoms with van der Waals surface area (Å²) in [5.74, 6) is 0.909. The van der Waals surface area contributed by atoms with E-state index in [2.05, 4.69) is 36.4 Å². The van der Waals surface area contributed by atoms with Crippen molar-refractivity contribution in [2.24, 2.45) is 0 Å². The molecule has 0 fully saturated rings. The predicted molar refractivity (Wildman–Crippen MR) is 70.2 cm³/mol. The number of hydrogen-bond donors (Lipinski definition) is 0. The molecule has 0 aromatic heterocycles. The van der Waals surface area contributed by atoms with Crippen LogP contribution in [-0.4, -0.2) is 6.61 Å². The topological polar surface area (TPSA) is 9.23 Å². The Morgan fingerprint density at radius 1 is 0.941 bits per heavy atom. The summed E-state index contributed by atoms with van der Waals surface area (Å²) >= 11 is 0. The van der Waals surface area contributed by atoms with Gasteiger partial charge in [-0.25, -0.2) is 0 Å². The van der Waals surface area contributed by atoms with Crippen molar-refractivity contribution in [3.05, 3.63) is 66.2 Å². The Balaban J connectivity index is 1.61. The summed E-state index contributed by atoms with van der Waals surface area (Å²) in [4.78, 5) is 0. The van der Waals surface area contributed by atoms with E-state index in [1.807, 2.05) is 24.3 Å². The molecule has 0 aliphatic heterocycles. The van der Waals surface area contributed by atoms with Crippen LogP contribution in [0, 0.1) is 6.07 Å². The van der Waals surface area contributed by atoms with Gasteiger partial charge in [0.2, 0.25) is 0 Å². The van der Waals surface area contributed by atoms with E-state index in [1.54, 1.807) is 0 Å². The Bertz CT molecular complexity index is 367. The zero-order valence-corrected chi connectivity index (χ0v) is 9.93. The molecule has 1 heteroatoms. The molecule has 0 spiro atoms. The van der Waals surface area contributed by atoms with Gasteiger partial charge < -0.3 is 4.74 Å². The fraction of sp³-hybridized carbons (Fsp3) is 0.250. The van der Waals surface area contributed by atoms with Crippen LogP contribution in [-0.2, 0) is 6.42 Å². The number of unbranched alkanes of at least 4 members (excludes halogenated alkanes) is 1. The summed E-state index contributed by atoms with van der Waals surface area (Å²) in [6.45, 7) is 0.782. The first-order valence-electron chi connectivity index (χ1n) is 6.08. The third kappa shape index (κ3) is 4.31. The maximum Gasteiger partial charge on any atom is 0.119 e. The van der Waals surface area contributed by atoms with Gasteiger partial charge in [0.05, 0.1) is 6.61 Å². The minimum absolute atomic E-state index is 0.782. The zero-order valence-electron chi connectivity index (χ0n) is 9.93. The quantitative estimate of drug-likeness (QED) is 0.678. The van der Waals surface area contributed by atoms with Crippen molar-refractivity contribution in [3.63, 3.8) is 0 Å². The lowest BCUT2D eigenvalue weighted by Gasteiger charge is -2.05. The summed E-state index contributed by atoms with van der Waals surface area (Å²) in [5.41, 5.74) is 1.40. The molecule has 17 heavy (non-hydrogen) atoms. The molecule has 0 atom stereocenters. The van der Waals surface area contributed by atoms with Crippen LogP contribution in [0.5, 0.6) is 5.75 Å². The molecule has 0 unspecified atom stereocenters. The van der Waals surface area contributed by atoms with E-state index >= 15 is 0 Å². The normalized spacial score (nSPS) is 10.1. The molecule has 0 saturated carbocycles. The lowest BCUT2D eigenvalue weighted by molar-refractivity contribution is 0.307. The fourth-order valence-corrected chi connectivity index (χ4v) is 1.73. The molecule has 0 bridgehead atoms. The lowest BCUT2D eigenvalue weighted by Crippen LogP contribution is -1.98. The molecule has 87 valence electrons. The van der Waals surface area contributed by atoms with E-state index in [9.17, 15) is 0 Å². The van der Waals surface area contributed by atoms with Crippen LogP contribution in [0.4, 0.5) is 0 Å². The molecule has 0 N–H and O–H groups in total. The van der Waals surface area contributed by atoms with Gasteiger partial charge in [-0.05, 0) is 43.0 Å². The minimum Gasteiger partial charge on any atom is -0.494 e. The standard InChI is InChI=1S/C16H17O/c1-3-9-15(10-4-1)11-7-8-14-17-16-12-5-2-6-13-16/h1-5,9-10,12-13H,7-8,11,14H2. The Morgan fingerprint density at radius 3 is 2.59 bits per heavy atom. The van der Waals surface area contributed by atoms with Crippen molar-refractivity contribution < 1.29 is 4.74 Å². The molecule has 2 rings (SSSR count). The van der Waals surface area contributed by atoms with Crippen molar-refractivity contribution >= 4 is 0 Å². The number of ether oxygens (including phenoxy) is 1. The highest BCUT2D eigenvalue weighted by Gasteiger charge is 1.94. The zero-order chi connectivity index (χ0) is 11.8. The third-order valence-corrected chi connectivity index (χ3v) is 2.65. The Kier molecular flexibility index (Phi) is 4.65. The van der Waals surface area contributed by atoms with Crippen LogP contribution in [0.15, 0.2) is 54.6 Å². The maximum absolute atomic E-state index is 5.61. The molecule has 0 saturated heterocycles. The highest BCUT2D eigenvalue weighted by Crippen LogP contribution is 2.09. The van der Waals surface area contributed by atoms with E-state index in [0.717, 1.165) is 25.2 Å². The summed E-state index contributed by atoms with van der Waals surface area (Å²) in [6, 6.07) is 21.2. The first-order chi connectivity index (χ1) is 8.45. The number of aryl methyl sites for hydroxylation is 1. The third-order valence-electron chi connectivity index (χ3n) is 2.65. The van der Waals surface area contributed by atoms with Gasteiger partial charge in [0.25, 0.3) is 0 Å². The van der Waals surface area contributed by atoms with Crippen molar-refractivity contribution in [2.45, 2.75) is 19.3 Å². The molecule has 0 aliphatic carbocycles. The Labute approximate surface area is 103 Å². The van der Waals surface area contributed by atoms with Crippen LogP contribution >= 0.6 is 0 Å². The molecule has 0 heterocycles. The van der Waals surface area contributed by atoms with E-state index < -0.39 is 0 Å². The van der Waals surface area contributed by atoms with Crippen molar-refractivity contribution in [3.8, 4) is 5.75 Å². The molecule has 0 amide bonds. The highest BCUT2D eigenvalue weighted by atomic mass is 16.5. The molecule has 1 nitrogen and oxygen atoms in total. The fourth-order valence-electron chi connectivity index (χ4n) is 1.73. The minimum atomic E-state index is 0.782. The average Bonchev–Trinajstić information content (AvgIpc) is 2.41. The van der Waals surface area contributed by atoms with Gasteiger partial charge in [0, 0.05) is 0 Å². The van der Waals surface area contributed by atoms with Gasteiger partial charge in [-0.3, -0.25) is 0 Å². The van der Waals surface area contributed by atoms with Crippen LogP contribution in [0.2, 0.25) is 0 Å². The summed E-state index contributed by atoms with van der Waals surface area (Å²) in [7, 11) is 0. The molecule has 2 aromatic rings. The molecular formula is C16H17O. The van der Waals surface area contributed by atoms with E-state index in [4.69, 9.17) is 4.74 Å². The lowest BCUT2D eigenvalue weighted by atomic mass is 10.1. The van der Waals surface area contributed by atoms with E-state index in [1.165, 1.54) is 12.0 Å². The summed E-state index contributed by atoms with van der Waals surface area (Å²) < 4.78 is 5.61. The molecular weight excluding hydrogens is 208 g/mol. The van der Waals surface area contributed by atoms with Crippen LogP contribution in [0.25, 0.3) is 0 Å². The SMILES string of the molecule is [c]1cccc(OCCCCc2ccccc2)c1. The Hall–Kier alpha value is -1.76. The van der Waals surface area contributed by atoms with Gasteiger partial charge in [-0.15, -0.1) is 0 Å². The molecule has 2 aromatic carbocycles. The van der Waals surface area contributed by atoms with Crippen molar-refractivity contribution in [2.75, 3.05) is 6.61 Å². The summed E-state index contributed by atoms with van der Waals surface area (Å²) in [6.07, 6.45) is 3.38. The molecule has 0 aliphatic rings. The Morgan fingerprint density at radius 2 is 1.82 bits per heavy atom. The first kappa shape index (κ1) is 11.7. The molecule has 1 radical (unpaired) electrons. The first-order valence-corrected chi connectivity index (χ1v) is 6.08. The van der Waals surface area contributed by atoms with Crippen molar-refractivity contribution in [1.29, 1.82) is 0 Å². The van der Waals surface area contributed by atoms with Crippen molar-refractivity contribution in [1.82, 2.24) is 0 Å². The van der Waals surface area contributed by atoms with Crippen LogP contribution < -0.4 is 4.74 Å². The van der Waals surface area contributed by atoms with Gasteiger partial charge >= 0.3 is 0 Å². The monoisotopic (exact) mass is 225 g/mol. The van der Waals surface area contributed by atoms with E-state index in [-0.39, 0.29) is 0 Å². The van der Waals surface area contributed by atoms with Crippen LogP contribution in [0.1, 0.15) is 18.4 Å². The van der Waals surface area contributed by atoms with Crippen LogP contribution in [0.3, 0.4) is 0 Å². The van der Waals surface area contributed by atoms with Gasteiger partial charge in [-0.1, -0.05) is 42.5 Å². The summed E-state index contributed by atoms with van der Waals surface area (Å²) in [5, 5.41) is 0. The predicted octanol–water partition coefficient (Wildman–Crippen LogP) is 3.89. The van der Waals surface area contributed by atoms with Gasteiger partial charge in [0.15, 0.2) is 0 Å². The average molecular weight is 225 g/mol. The second kappa shape index (κ2) is 6.74.